The standard InChI is InChI=1S/C24H25ClN4O4/c1-2-3-14-33-19-10-6-17(7-11-19)26-24(32)28-13-12-21-20(15-28)22(23(30)31)27-29(21)18-8-4-16(25)5-9-18/h4-11H,2-3,12-15H2,1H3,(H,26,32)(H,30,31). The lowest BCUT2D eigenvalue weighted by Gasteiger charge is -2.28. The Morgan fingerprint density at radius 1 is 1.15 bits per heavy atom. The smallest absolute Gasteiger partial charge is 0.356 e. The number of aromatic carboxylic acids is 1. The minimum atomic E-state index is -1.13. The van der Waals surface area contributed by atoms with E-state index in [4.69, 9.17) is 16.3 Å². The van der Waals surface area contributed by atoms with Crippen LogP contribution in [0.3, 0.4) is 0 Å². The molecule has 4 rings (SSSR count). The lowest BCUT2D eigenvalue weighted by molar-refractivity contribution is 0.0687. The number of urea groups is 1. The molecule has 1 aliphatic rings. The van der Waals surface area contributed by atoms with Crippen LogP contribution in [-0.2, 0) is 13.0 Å². The Bertz CT molecular complexity index is 1140. The van der Waals surface area contributed by atoms with E-state index in [0.717, 1.165) is 30.0 Å². The zero-order valence-electron chi connectivity index (χ0n) is 18.3. The van der Waals surface area contributed by atoms with Crippen molar-refractivity contribution in [2.24, 2.45) is 0 Å². The van der Waals surface area contributed by atoms with E-state index < -0.39 is 5.97 Å². The maximum atomic E-state index is 12.9. The van der Waals surface area contributed by atoms with Crippen molar-refractivity contribution in [3.8, 4) is 11.4 Å². The summed E-state index contributed by atoms with van der Waals surface area (Å²) < 4.78 is 7.27. The number of aromatic nitrogens is 2. The fourth-order valence-electron chi connectivity index (χ4n) is 3.73. The van der Waals surface area contributed by atoms with Gasteiger partial charge in [-0.2, -0.15) is 5.10 Å². The van der Waals surface area contributed by atoms with Crippen molar-refractivity contribution in [1.29, 1.82) is 0 Å². The van der Waals surface area contributed by atoms with Crippen LogP contribution in [0.1, 0.15) is 41.5 Å². The normalized spacial score (nSPS) is 12.8. The van der Waals surface area contributed by atoms with Crippen molar-refractivity contribution in [2.75, 3.05) is 18.5 Å². The first-order chi connectivity index (χ1) is 16.0. The molecule has 1 aliphatic heterocycles. The molecule has 0 unspecified atom stereocenters. The maximum Gasteiger partial charge on any atom is 0.356 e. The number of amides is 2. The van der Waals surface area contributed by atoms with Crippen molar-refractivity contribution in [2.45, 2.75) is 32.7 Å². The minimum absolute atomic E-state index is 0.0500. The number of unbranched alkanes of at least 4 members (excludes halogenated alkanes) is 1. The van der Waals surface area contributed by atoms with Gasteiger partial charge in [0.1, 0.15) is 5.75 Å². The third-order valence-corrected chi connectivity index (χ3v) is 5.74. The van der Waals surface area contributed by atoms with Crippen LogP contribution in [0.2, 0.25) is 5.02 Å². The first-order valence-electron chi connectivity index (χ1n) is 10.8. The molecule has 0 atom stereocenters. The van der Waals surface area contributed by atoms with E-state index in [1.54, 1.807) is 46.0 Å². The number of halogens is 1. The number of fused-ring (bicyclic) bond motifs is 1. The molecule has 33 heavy (non-hydrogen) atoms. The molecule has 0 fully saturated rings. The number of carbonyl (C=O) groups is 2. The van der Waals surface area contributed by atoms with Gasteiger partial charge in [0.05, 0.1) is 24.5 Å². The van der Waals surface area contributed by atoms with E-state index >= 15 is 0 Å². The van der Waals surface area contributed by atoms with Gasteiger partial charge in [0.15, 0.2) is 5.69 Å². The summed E-state index contributed by atoms with van der Waals surface area (Å²) in [4.78, 5) is 26.3. The largest absolute Gasteiger partial charge is 0.494 e. The zero-order valence-corrected chi connectivity index (χ0v) is 19.0. The van der Waals surface area contributed by atoms with Gasteiger partial charge < -0.3 is 20.1 Å². The fraction of sp³-hybridized carbons (Fsp3) is 0.292. The van der Waals surface area contributed by atoms with Crippen LogP contribution in [0.4, 0.5) is 10.5 Å². The van der Waals surface area contributed by atoms with Crippen molar-refractivity contribution >= 4 is 29.3 Å². The molecule has 172 valence electrons. The number of nitrogens with one attached hydrogen (secondary N) is 1. The second kappa shape index (κ2) is 9.95. The molecule has 0 radical (unpaired) electrons. The lowest BCUT2D eigenvalue weighted by Crippen LogP contribution is -2.39. The molecule has 2 amide bonds. The van der Waals surface area contributed by atoms with Gasteiger partial charge in [-0.25, -0.2) is 14.3 Å². The van der Waals surface area contributed by atoms with E-state index in [9.17, 15) is 14.7 Å². The molecule has 2 N–H and O–H groups in total. The van der Waals surface area contributed by atoms with Crippen LogP contribution in [0.25, 0.3) is 5.69 Å². The molecular weight excluding hydrogens is 444 g/mol. The van der Waals surface area contributed by atoms with E-state index in [2.05, 4.69) is 17.3 Å². The van der Waals surface area contributed by atoms with Crippen LogP contribution < -0.4 is 10.1 Å². The van der Waals surface area contributed by atoms with Gasteiger partial charge in [-0.05, 0) is 55.0 Å². The summed E-state index contributed by atoms with van der Waals surface area (Å²) in [5.41, 5.74) is 2.64. The number of anilines is 1. The van der Waals surface area contributed by atoms with E-state index in [1.165, 1.54) is 0 Å². The van der Waals surface area contributed by atoms with Gasteiger partial charge in [0.2, 0.25) is 0 Å². The SMILES string of the molecule is CCCCOc1ccc(NC(=O)N2CCc3c(c(C(=O)O)nn3-c3ccc(Cl)cc3)C2)cc1. The highest BCUT2D eigenvalue weighted by Gasteiger charge is 2.30. The average Bonchev–Trinajstić information content (AvgIpc) is 3.20. The van der Waals surface area contributed by atoms with E-state index in [0.29, 0.717) is 35.8 Å². The Morgan fingerprint density at radius 2 is 1.88 bits per heavy atom. The van der Waals surface area contributed by atoms with Crippen molar-refractivity contribution in [3.63, 3.8) is 0 Å². The third kappa shape index (κ3) is 5.12. The summed E-state index contributed by atoms with van der Waals surface area (Å²) in [5.74, 6) is -0.371. The summed E-state index contributed by atoms with van der Waals surface area (Å²) in [6.45, 7) is 3.37. The van der Waals surface area contributed by atoms with Crippen LogP contribution in [0, 0.1) is 0 Å². The summed E-state index contributed by atoms with van der Waals surface area (Å²) >= 11 is 5.97. The van der Waals surface area contributed by atoms with Gasteiger partial charge in [0.25, 0.3) is 0 Å². The average molecular weight is 469 g/mol. The number of hydrogen-bond acceptors (Lipinski definition) is 4. The second-order valence-electron chi connectivity index (χ2n) is 7.80. The van der Waals surface area contributed by atoms with E-state index in [-0.39, 0.29) is 18.3 Å². The zero-order chi connectivity index (χ0) is 23.4. The number of carboxylic acid groups (broad SMARTS) is 1. The third-order valence-electron chi connectivity index (χ3n) is 5.49. The van der Waals surface area contributed by atoms with Gasteiger partial charge in [-0.3, -0.25) is 0 Å². The summed E-state index contributed by atoms with van der Waals surface area (Å²) in [6, 6.07) is 14.0. The highest BCUT2D eigenvalue weighted by Crippen LogP contribution is 2.27. The number of benzene rings is 2. The molecule has 8 nitrogen and oxygen atoms in total. The molecule has 1 aromatic heterocycles. The fourth-order valence-corrected chi connectivity index (χ4v) is 3.86. The number of carbonyl (C=O) groups excluding carboxylic acids is 1. The topological polar surface area (TPSA) is 96.7 Å². The van der Waals surface area contributed by atoms with Crippen LogP contribution >= 0.6 is 11.6 Å². The Labute approximate surface area is 196 Å². The van der Waals surface area contributed by atoms with Crippen molar-refractivity contribution < 1.29 is 19.4 Å². The molecule has 0 bridgehead atoms. The monoisotopic (exact) mass is 468 g/mol. The van der Waals surface area contributed by atoms with Crippen molar-refractivity contribution in [1.82, 2.24) is 14.7 Å². The molecule has 2 heterocycles. The van der Waals surface area contributed by atoms with Gasteiger partial charge in [0, 0.05) is 29.2 Å². The quantitative estimate of drug-likeness (QED) is 0.476. The predicted molar refractivity (Wildman–Crippen MR) is 126 cm³/mol. The Hall–Kier alpha value is -3.52. The Morgan fingerprint density at radius 3 is 2.55 bits per heavy atom. The molecule has 0 saturated carbocycles. The highest BCUT2D eigenvalue weighted by molar-refractivity contribution is 6.30. The molecule has 0 spiro atoms. The molecule has 0 saturated heterocycles. The Balaban J connectivity index is 1.48. The summed E-state index contributed by atoms with van der Waals surface area (Å²) in [7, 11) is 0. The molecule has 2 aromatic carbocycles. The second-order valence-corrected chi connectivity index (χ2v) is 8.23. The van der Waals surface area contributed by atoms with Crippen molar-refractivity contribution in [3.05, 3.63) is 70.5 Å². The van der Waals surface area contributed by atoms with Gasteiger partial charge >= 0.3 is 12.0 Å². The van der Waals surface area contributed by atoms with Crippen LogP contribution in [0.15, 0.2) is 48.5 Å². The first kappa shape index (κ1) is 22.7. The predicted octanol–water partition coefficient (Wildman–Crippen LogP) is 4.99. The number of rotatable bonds is 7. The van der Waals surface area contributed by atoms with Crippen LogP contribution in [-0.4, -0.2) is 44.9 Å². The highest BCUT2D eigenvalue weighted by atomic mass is 35.5. The summed E-state index contributed by atoms with van der Waals surface area (Å²) in [6.07, 6.45) is 2.53. The molecule has 3 aromatic rings. The maximum absolute atomic E-state index is 12.9. The van der Waals surface area contributed by atoms with Gasteiger partial charge in [-0.1, -0.05) is 24.9 Å². The summed E-state index contributed by atoms with van der Waals surface area (Å²) in [5, 5.41) is 17.4. The number of nitrogens with zero attached hydrogens (tertiary/aromatic N) is 3. The Kier molecular flexibility index (Phi) is 6.84. The minimum Gasteiger partial charge on any atom is -0.494 e. The van der Waals surface area contributed by atoms with E-state index in [1.807, 2.05) is 12.1 Å². The number of carboxylic acids is 1. The molecule has 0 aliphatic carbocycles. The first-order valence-corrected chi connectivity index (χ1v) is 11.2. The van der Waals surface area contributed by atoms with Crippen LogP contribution in [0.5, 0.6) is 5.75 Å². The molecule has 9 heteroatoms. The number of ether oxygens (including phenoxy) is 1. The number of hydrogen-bond donors (Lipinski definition) is 2. The molecular formula is C24H25ClN4O4. The van der Waals surface area contributed by atoms with Gasteiger partial charge in [-0.15, -0.1) is 0 Å². The lowest BCUT2D eigenvalue weighted by atomic mass is 10.1.